The summed E-state index contributed by atoms with van der Waals surface area (Å²) in [5.74, 6) is -0.0978. The number of benzene rings is 2. The van der Waals surface area contributed by atoms with Gasteiger partial charge in [0.15, 0.2) is 0 Å². The fraction of sp³-hybridized carbons (Fsp3) is 0.0625. The van der Waals surface area contributed by atoms with Gasteiger partial charge in [0.2, 0.25) is 0 Å². The second kappa shape index (κ2) is 5.33. The van der Waals surface area contributed by atoms with Crippen molar-refractivity contribution in [2.24, 2.45) is 0 Å². The molecule has 1 aromatic heterocycles. The van der Waals surface area contributed by atoms with E-state index in [2.05, 4.69) is 0 Å². The molecule has 1 heterocycles. The summed E-state index contributed by atoms with van der Waals surface area (Å²) < 4.78 is 1.41. The molecule has 0 amide bonds. The Bertz CT molecular complexity index is 931. The molecule has 110 valence electrons. The van der Waals surface area contributed by atoms with Gasteiger partial charge in [-0.15, -0.1) is 0 Å². The monoisotopic (exact) mass is 296 g/mol. The highest BCUT2D eigenvalue weighted by atomic mass is 16.6. The summed E-state index contributed by atoms with van der Waals surface area (Å²) >= 11 is 0. The van der Waals surface area contributed by atoms with Crippen LogP contribution in [0.15, 0.2) is 59.4 Å². The molecular formula is C16H12N2O4. The average molecular weight is 296 g/mol. The molecule has 6 nitrogen and oxygen atoms in total. The topological polar surface area (TPSA) is 85.4 Å². The van der Waals surface area contributed by atoms with E-state index in [0.29, 0.717) is 16.5 Å². The number of aromatic hydroxyl groups is 1. The van der Waals surface area contributed by atoms with Crippen molar-refractivity contribution in [3.8, 4) is 5.75 Å². The van der Waals surface area contributed by atoms with E-state index in [9.17, 15) is 20.0 Å². The van der Waals surface area contributed by atoms with Gasteiger partial charge in [-0.3, -0.25) is 14.9 Å². The number of rotatable bonds is 3. The molecule has 0 saturated heterocycles. The first-order chi connectivity index (χ1) is 10.6. The van der Waals surface area contributed by atoms with Gasteiger partial charge in [-0.05, 0) is 12.1 Å². The Hall–Kier alpha value is -3.15. The predicted octanol–water partition coefficient (Wildman–Crippen LogP) is 2.66. The molecule has 2 aromatic carbocycles. The van der Waals surface area contributed by atoms with Crippen LogP contribution in [0.25, 0.3) is 10.9 Å². The van der Waals surface area contributed by atoms with E-state index in [1.165, 1.54) is 10.6 Å². The number of nitrogens with zero attached hydrogens (tertiary/aromatic N) is 2. The summed E-state index contributed by atoms with van der Waals surface area (Å²) in [6.07, 6.45) is 0. The second-order valence-corrected chi connectivity index (χ2v) is 4.86. The fourth-order valence-electron chi connectivity index (χ4n) is 2.47. The maximum atomic E-state index is 12.2. The Labute approximate surface area is 125 Å². The lowest BCUT2D eigenvalue weighted by molar-refractivity contribution is -0.385. The molecule has 0 aliphatic rings. The number of hydrogen-bond donors (Lipinski definition) is 1. The Morgan fingerprint density at radius 2 is 1.77 bits per heavy atom. The van der Waals surface area contributed by atoms with E-state index < -0.39 is 10.5 Å². The molecule has 0 fully saturated rings. The van der Waals surface area contributed by atoms with Gasteiger partial charge in [0.05, 0.1) is 17.0 Å². The minimum atomic E-state index is -0.469. The van der Waals surface area contributed by atoms with Crippen molar-refractivity contribution in [1.82, 2.24) is 4.57 Å². The lowest BCUT2D eigenvalue weighted by Crippen LogP contribution is -2.20. The van der Waals surface area contributed by atoms with Crippen LogP contribution in [0, 0.1) is 10.1 Å². The maximum Gasteiger partial charge on any atom is 0.274 e. The van der Waals surface area contributed by atoms with Crippen molar-refractivity contribution in [3.05, 3.63) is 80.6 Å². The normalized spacial score (nSPS) is 10.7. The first kappa shape index (κ1) is 13.8. The van der Waals surface area contributed by atoms with Gasteiger partial charge in [-0.25, -0.2) is 0 Å². The van der Waals surface area contributed by atoms with Gasteiger partial charge in [0.25, 0.3) is 11.2 Å². The van der Waals surface area contributed by atoms with Crippen LogP contribution in [0.1, 0.15) is 5.56 Å². The molecule has 0 radical (unpaired) electrons. The molecular weight excluding hydrogens is 284 g/mol. The summed E-state index contributed by atoms with van der Waals surface area (Å²) in [5, 5.41) is 21.5. The van der Waals surface area contributed by atoms with E-state index >= 15 is 0 Å². The van der Waals surface area contributed by atoms with Gasteiger partial charge >= 0.3 is 0 Å². The largest absolute Gasteiger partial charge is 0.507 e. The van der Waals surface area contributed by atoms with E-state index in [1.54, 1.807) is 42.5 Å². The van der Waals surface area contributed by atoms with E-state index in [1.807, 2.05) is 0 Å². The third kappa shape index (κ3) is 2.31. The summed E-state index contributed by atoms with van der Waals surface area (Å²) in [6, 6.07) is 14.3. The standard InChI is InChI=1S/C16H12N2O4/c19-15-9-16(20)17(14-8-4-2-6-12(14)15)10-11-5-1-3-7-13(11)18(21)22/h1-9,19H,10H2. The number of para-hydroxylation sites is 2. The van der Waals surface area contributed by atoms with Crippen LogP contribution >= 0.6 is 0 Å². The second-order valence-electron chi connectivity index (χ2n) is 4.86. The number of pyridine rings is 1. The number of aromatic nitrogens is 1. The predicted molar refractivity (Wildman–Crippen MR) is 82.1 cm³/mol. The van der Waals surface area contributed by atoms with Crippen LogP contribution in [0.5, 0.6) is 5.75 Å². The molecule has 0 atom stereocenters. The van der Waals surface area contributed by atoms with E-state index in [4.69, 9.17) is 0 Å². The summed E-state index contributed by atoms with van der Waals surface area (Å²) in [7, 11) is 0. The molecule has 3 aromatic rings. The molecule has 0 spiro atoms. The number of nitro benzene ring substituents is 1. The Kier molecular flexibility index (Phi) is 3.34. The van der Waals surface area contributed by atoms with Gasteiger partial charge < -0.3 is 9.67 Å². The zero-order valence-corrected chi connectivity index (χ0v) is 11.5. The quantitative estimate of drug-likeness (QED) is 0.594. The highest BCUT2D eigenvalue weighted by molar-refractivity contribution is 5.85. The molecule has 0 aliphatic heterocycles. The zero-order valence-electron chi connectivity index (χ0n) is 11.5. The van der Waals surface area contributed by atoms with Crippen LogP contribution in [0.3, 0.4) is 0 Å². The highest BCUT2D eigenvalue weighted by Gasteiger charge is 2.15. The Morgan fingerprint density at radius 1 is 1.09 bits per heavy atom. The Balaban J connectivity index is 2.21. The lowest BCUT2D eigenvalue weighted by atomic mass is 10.1. The average Bonchev–Trinajstić information content (AvgIpc) is 2.51. The SMILES string of the molecule is O=c1cc(O)c2ccccc2n1Cc1ccccc1[N+](=O)[O-]. The number of nitro groups is 1. The summed E-state index contributed by atoms with van der Waals surface area (Å²) in [4.78, 5) is 22.8. The smallest absolute Gasteiger partial charge is 0.274 e. The third-order valence-corrected chi connectivity index (χ3v) is 3.51. The first-order valence-corrected chi connectivity index (χ1v) is 6.62. The molecule has 0 saturated carbocycles. The molecule has 6 heteroatoms. The lowest BCUT2D eigenvalue weighted by Gasteiger charge is -2.11. The van der Waals surface area contributed by atoms with Gasteiger partial charge in [0.1, 0.15) is 5.75 Å². The van der Waals surface area contributed by atoms with Crippen molar-refractivity contribution in [1.29, 1.82) is 0 Å². The molecule has 0 unspecified atom stereocenters. The van der Waals surface area contributed by atoms with Gasteiger partial charge in [0, 0.05) is 23.1 Å². The molecule has 0 aliphatic carbocycles. The molecule has 22 heavy (non-hydrogen) atoms. The number of hydrogen-bond acceptors (Lipinski definition) is 4. The highest BCUT2D eigenvalue weighted by Crippen LogP contribution is 2.24. The van der Waals surface area contributed by atoms with Crippen LogP contribution < -0.4 is 5.56 Å². The fourth-order valence-corrected chi connectivity index (χ4v) is 2.47. The minimum Gasteiger partial charge on any atom is -0.507 e. The van der Waals surface area contributed by atoms with Crippen molar-refractivity contribution in [3.63, 3.8) is 0 Å². The number of fused-ring (bicyclic) bond motifs is 1. The van der Waals surface area contributed by atoms with Crippen LogP contribution in [0.4, 0.5) is 5.69 Å². The third-order valence-electron chi connectivity index (χ3n) is 3.51. The van der Waals surface area contributed by atoms with E-state index in [0.717, 1.165) is 6.07 Å². The van der Waals surface area contributed by atoms with Crippen molar-refractivity contribution < 1.29 is 10.0 Å². The summed E-state index contributed by atoms with van der Waals surface area (Å²) in [6.45, 7) is 0.0662. The van der Waals surface area contributed by atoms with Crippen LogP contribution in [0.2, 0.25) is 0 Å². The molecule has 0 bridgehead atoms. The van der Waals surface area contributed by atoms with Crippen LogP contribution in [-0.4, -0.2) is 14.6 Å². The van der Waals surface area contributed by atoms with Crippen molar-refractivity contribution >= 4 is 16.6 Å². The van der Waals surface area contributed by atoms with Crippen molar-refractivity contribution in [2.45, 2.75) is 6.54 Å². The van der Waals surface area contributed by atoms with E-state index in [-0.39, 0.29) is 18.0 Å². The van der Waals surface area contributed by atoms with Gasteiger partial charge in [-0.2, -0.15) is 0 Å². The zero-order chi connectivity index (χ0) is 15.7. The molecule has 3 rings (SSSR count). The molecule has 1 N–H and O–H groups in total. The van der Waals surface area contributed by atoms with Crippen LogP contribution in [-0.2, 0) is 6.54 Å². The minimum absolute atomic E-state index is 0.0356. The van der Waals surface area contributed by atoms with Crippen molar-refractivity contribution in [2.75, 3.05) is 0 Å². The summed E-state index contributed by atoms with van der Waals surface area (Å²) in [5.41, 5.74) is 0.525. The van der Waals surface area contributed by atoms with Gasteiger partial charge in [-0.1, -0.05) is 30.3 Å². The Morgan fingerprint density at radius 3 is 2.55 bits per heavy atom. The first-order valence-electron chi connectivity index (χ1n) is 6.62. The maximum absolute atomic E-state index is 12.2.